The molecule has 0 N–H and O–H groups in total. The molecule has 0 aromatic heterocycles. The highest BCUT2D eigenvalue weighted by Gasteiger charge is 2.32. The van der Waals surface area contributed by atoms with Crippen LogP contribution in [-0.4, -0.2) is 76.5 Å². The minimum absolute atomic E-state index is 0.345. The second-order valence-electron chi connectivity index (χ2n) is 4.89. The van der Waals surface area contributed by atoms with Crippen LogP contribution in [-0.2, 0) is 19.7 Å². The number of hydrogen-bond acceptors (Lipinski definition) is 4. The molecule has 0 aliphatic carbocycles. The maximum atomic E-state index is 12.6. The molecule has 1 fully saturated rings. The van der Waals surface area contributed by atoms with Gasteiger partial charge in [-0.25, -0.2) is 0 Å². The van der Waals surface area contributed by atoms with Crippen LogP contribution in [0, 0.1) is 5.92 Å². The van der Waals surface area contributed by atoms with Crippen molar-refractivity contribution >= 4 is 21.8 Å². The van der Waals surface area contributed by atoms with E-state index in [1.54, 1.807) is 18.5 Å². The van der Waals surface area contributed by atoms with Gasteiger partial charge in [0.2, 0.25) is 0 Å². The lowest BCUT2D eigenvalue weighted by Crippen LogP contribution is -2.49. The van der Waals surface area contributed by atoms with Gasteiger partial charge >= 0.3 is 0 Å². The fourth-order valence-electron chi connectivity index (χ4n) is 2.19. The highest BCUT2D eigenvalue weighted by atomic mass is 35.5. The first-order valence-corrected chi connectivity index (χ1v) is 8.78. The number of alkyl halides is 1. The molecule has 0 aromatic rings. The topological polar surface area (TPSA) is 59.1 Å². The summed E-state index contributed by atoms with van der Waals surface area (Å²) in [5.74, 6) is 1.03. The van der Waals surface area contributed by atoms with Gasteiger partial charge in [0.1, 0.15) is 0 Å². The lowest BCUT2D eigenvalue weighted by atomic mass is 10.0. The second-order valence-corrected chi connectivity index (χ2v) is 7.13. The van der Waals surface area contributed by atoms with Gasteiger partial charge in [0.25, 0.3) is 10.2 Å². The Morgan fingerprint density at radius 3 is 2.05 bits per heavy atom. The summed E-state index contributed by atoms with van der Waals surface area (Å²) in [5, 5.41) is 0. The predicted molar refractivity (Wildman–Crippen MR) is 79.3 cm³/mol. The van der Waals surface area contributed by atoms with E-state index in [2.05, 4.69) is 0 Å². The Morgan fingerprint density at radius 2 is 1.65 bits per heavy atom. The molecule has 0 spiro atoms. The van der Waals surface area contributed by atoms with Crippen LogP contribution in [0.3, 0.4) is 0 Å². The molecule has 0 aromatic carbocycles. The molecular formula is C12H25ClN2O4S. The largest absolute Gasteiger partial charge is 0.383 e. The standard InChI is InChI=1S/C12H25ClN2O4S/c1-18-9-7-15(8-10-19-2)20(16,17)14-5-3-12(11-13)4-6-14/h12H,3-11H2,1-2H3. The summed E-state index contributed by atoms with van der Waals surface area (Å²) in [6.07, 6.45) is 1.65. The summed E-state index contributed by atoms with van der Waals surface area (Å²) in [7, 11) is -0.312. The van der Waals surface area contributed by atoms with Crippen molar-refractivity contribution in [3.05, 3.63) is 0 Å². The van der Waals surface area contributed by atoms with E-state index in [0.29, 0.717) is 51.2 Å². The van der Waals surface area contributed by atoms with Crippen molar-refractivity contribution in [3.63, 3.8) is 0 Å². The van der Waals surface area contributed by atoms with E-state index >= 15 is 0 Å². The highest BCUT2D eigenvalue weighted by molar-refractivity contribution is 7.86. The average Bonchev–Trinajstić information content (AvgIpc) is 2.47. The maximum absolute atomic E-state index is 12.6. The fourth-order valence-corrected chi connectivity index (χ4v) is 4.10. The average molecular weight is 329 g/mol. The third-order valence-electron chi connectivity index (χ3n) is 3.53. The van der Waals surface area contributed by atoms with E-state index in [1.165, 1.54) is 4.31 Å². The van der Waals surface area contributed by atoms with E-state index in [0.717, 1.165) is 12.8 Å². The fraction of sp³-hybridized carbons (Fsp3) is 1.00. The first kappa shape index (κ1) is 18.1. The minimum Gasteiger partial charge on any atom is -0.383 e. The normalized spacial score (nSPS) is 18.8. The summed E-state index contributed by atoms with van der Waals surface area (Å²) in [4.78, 5) is 0. The van der Waals surface area contributed by atoms with E-state index in [4.69, 9.17) is 21.1 Å². The first-order valence-electron chi connectivity index (χ1n) is 6.85. The van der Waals surface area contributed by atoms with Crippen LogP contribution in [0.2, 0.25) is 0 Å². The van der Waals surface area contributed by atoms with Crippen molar-refractivity contribution in [1.29, 1.82) is 0 Å². The molecule has 8 heteroatoms. The van der Waals surface area contributed by atoms with Crippen LogP contribution in [0.5, 0.6) is 0 Å². The van der Waals surface area contributed by atoms with E-state index in [9.17, 15) is 8.42 Å². The monoisotopic (exact) mass is 328 g/mol. The Morgan fingerprint density at radius 1 is 1.15 bits per heavy atom. The Labute approximate surface area is 127 Å². The van der Waals surface area contributed by atoms with Gasteiger partial charge in [-0.05, 0) is 18.8 Å². The van der Waals surface area contributed by atoms with E-state index in [-0.39, 0.29) is 0 Å². The molecule has 0 saturated carbocycles. The molecule has 0 atom stereocenters. The lowest BCUT2D eigenvalue weighted by Gasteiger charge is -2.34. The van der Waals surface area contributed by atoms with Gasteiger partial charge in [-0.15, -0.1) is 11.6 Å². The van der Waals surface area contributed by atoms with Crippen LogP contribution < -0.4 is 0 Å². The molecule has 1 heterocycles. The molecule has 120 valence electrons. The molecule has 0 bridgehead atoms. The second kappa shape index (κ2) is 9.17. The molecular weight excluding hydrogens is 304 g/mol. The maximum Gasteiger partial charge on any atom is 0.282 e. The van der Waals surface area contributed by atoms with Crippen LogP contribution >= 0.6 is 11.6 Å². The number of rotatable bonds is 9. The number of hydrogen-bond donors (Lipinski definition) is 0. The van der Waals surface area contributed by atoms with Crippen molar-refractivity contribution in [1.82, 2.24) is 8.61 Å². The van der Waals surface area contributed by atoms with Gasteiger partial charge in [-0.2, -0.15) is 17.0 Å². The lowest BCUT2D eigenvalue weighted by molar-refractivity contribution is 0.145. The molecule has 6 nitrogen and oxygen atoms in total. The van der Waals surface area contributed by atoms with Gasteiger partial charge in [0, 0.05) is 46.3 Å². The first-order chi connectivity index (χ1) is 9.56. The SMILES string of the molecule is COCCN(CCOC)S(=O)(=O)N1CCC(CCl)CC1. The van der Waals surface area contributed by atoms with Crippen molar-refractivity contribution in [3.8, 4) is 0 Å². The molecule has 1 aliphatic rings. The third-order valence-corrected chi connectivity index (χ3v) is 6.01. The Balaban J connectivity index is 2.66. The van der Waals surface area contributed by atoms with Gasteiger partial charge in [0.05, 0.1) is 13.2 Å². The number of ether oxygens (including phenoxy) is 2. The molecule has 0 unspecified atom stereocenters. The van der Waals surface area contributed by atoms with Crippen molar-refractivity contribution < 1.29 is 17.9 Å². The van der Waals surface area contributed by atoms with Gasteiger partial charge in [-0.3, -0.25) is 0 Å². The van der Waals surface area contributed by atoms with Crippen molar-refractivity contribution in [2.24, 2.45) is 5.92 Å². The quantitative estimate of drug-likeness (QED) is 0.587. The van der Waals surface area contributed by atoms with Crippen LogP contribution in [0.25, 0.3) is 0 Å². The molecule has 1 aliphatic heterocycles. The number of halogens is 1. The molecule has 20 heavy (non-hydrogen) atoms. The summed E-state index contributed by atoms with van der Waals surface area (Å²) < 4.78 is 38.1. The Kier molecular flexibility index (Phi) is 8.31. The number of nitrogens with zero attached hydrogens (tertiary/aromatic N) is 2. The zero-order valence-electron chi connectivity index (χ0n) is 12.3. The third kappa shape index (κ3) is 5.13. The predicted octanol–water partition coefficient (Wildman–Crippen LogP) is 0.777. The number of piperidine rings is 1. The Bertz CT molecular complexity index is 350. The molecule has 0 amide bonds. The summed E-state index contributed by atoms with van der Waals surface area (Å²) >= 11 is 5.83. The van der Waals surface area contributed by atoms with E-state index < -0.39 is 10.2 Å². The summed E-state index contributed by atoms with van der Waals surface area (Å²) in [6.45, 7) is 2.52. The molecule has 1 saturated heterocycles. The number of methoxy groups -OCH3 is 2. The highest BCUT2D eigenvalue weighted by Crippen LogP contribution is 2.22. The summed E-state index contributed by atoms with van der Waals surface area (Å²) in [6, 6.07) is 0. The van der Waals surface area contributed by atoms with Crippen LogP contribution in [0.15, 0.2) is 0 Å². The van der Waals surface area contributed by atoms with Gasteiger partial charge in [0.15, 0.2) is 0 Å². The molecule has 1 rings (SSSR count). The smallest absolute Gasteiger partial charge is 0.282 e. The zero-order chi connectivity index (χ0) is 15.0. The van der Waals surface area contributed by atoms with Crippen molar-refractivity contribution in [2.45, 2.75) is 12.8 Å². The van der Waals surface area contributed by atoms with Crippen LogP contribution in [0.1, 0.15) is 12.8 Å². The zero-order valence-corrected chi connectivity index (χ0v) is 13.8. The van der Waals surface area contributed by atoms with Gasteiger partial charge < -0.3 is 9.47 Å². The van der Waals surface area contributed by atoms with Crippen LogP contribution in [0.4, 0.5) is 0 Å². The van der Waals surface area contributed by atoms with Gasteiger partial charge in [-0.1, -0.05) is 0 Å². The summed E-state index contributed by atoms with van der Waals surface area (Å²) in [5.41, 5.74) is 0. The van der Waals surface area contributed by atoms with Crippen molar-refractivity contribution in [2.75, 3.05) is 59.5 Å². The molecule has 0 radical (unpaired) electrons. The minimum atomic E-state index is -3.44. The van der Waals surface area contributed by atoms with E-state index in [1.807, 2.05) is 0 Å². The Hall–Kier alpha value is 0.0800.